The molecule has 0 radical (unpaired) electrons. The molecule has 0 saturated carbocycles. The van der Waals surface area contributed by atoms with Crippen LogP contribution in [0.2, 0.25) is 0 Å². The van der Waals surface area contributed by atoms with Gasteiger partial charge in [-0.3, -0.25) is 24.6 Å². The summed E-state index contributed by atoms with van der Waals surface area (Å²) in [6, 6.07) is 17.9. The quantitative estimate of drug-likeness (QED) is 0.0883. The molecule has 2 amide bonds. The summed E-state index contributed by atoms with van der Waals surface area (Å²) in [5.74, 6) is 3.24. The van der Waals surface area contributed by atoms with Gasteiger partial charge < -0.3 is 0 Å². The number of amides is 2. The van der Waals surface area contributed by atoms with Crippen LogP contribution >= 0.6 is 0 Å². The molecule has 0 fully saturated rings. The summed E-state index contributed by atoms with van der Waals surface area (Å²) in [6.07, 6.45) is 7.40. The molecule has 4 atom stereocenters. The van der Waals surface area contributed by atoms with E-state index in [0.717, 1.165) is 17.5 Å². The zero-order valence-corrected chi connectivity index (χ0v) is 25.5. The highest BCUT2D eigenvalue weighted by Gasteiger charge is 2.51. The van der Waals surface area contributed by atoms with Crippen LogP contribution in [0.25, 0.3) is 6.08 Å². The van der Waals surface area contributed by atoms with E-state index in [1.165, 1.54) is 4.68 Å². The number of hydrogen-bond donors (Lipinski definition) is 3. The second-order valence-corrected chi connectivity index (χ2v) is 11.1. The van der Waals surface area contributed by atoms with Crippen molar-refractivity contribution >= 4 is 23.7 Å². The molecule has 0 spiro atoms. The molecular formula is C33H44N6O4. The zero-order chi connectivity index (χ0) is 31.2. The number of hydroxylamine groups is 1. The second kappa shape index (κ2) is 16.5. The van der Waals surface area contributed by atoms with Gasteiger partial charge in [0.2, 0.25) is 11.8 Å². The molecule has 3 rings (SSSR count). The highest BCUT2D eigenvalue weighted by Crippen LogP contribution is 2.41. The number of allylic oxidation sites excluding steroid dienone is 1. The molecule has 0 aliphatic heterocycles. The molecule has 230 valence electrons. The Morgan fingerprint density at radius 1 is 1.07 bits per heavy atom. The van der Waals surface area contributed by atoms with Crippen LogP contribution in [0.15, 0.2) is 72.9 Å². The molecule has 43 heavy (non-hydrogen) atoms. The number of ketones is 1. The highest BCUT2D eigenvalue weighted by molar-refractivity contribution is 6.08. The van der Waals surface area contributed by atoms with Gasteiger partial charge in [0.1, 0.15) is 11.5 Å². The van der Waals surface area contributed by atoms with Crippen molar-refractivity contribution < 1.29 is 19.2 Å². The van der Waals surface area contributed by atoms with E-state index in [9.17, 15) is 14.4 Å². The molecule has 2 aromatic carbocycles. The van der Waals surface area contributed by atoms with E-state index in [0.29, 0.717) is 12.1 Å². The van der Waals surface area contributed by atoms with Crippen LogP contribution < -0.4 is 16.7 Å². The molecular weight excluding hydrogens is 544 g/mol. The van der Waals surface area contributed by atoms with Crippen LogP contribution in [-0.2, 0) is 25.8 Å². The van der Waals surface area contributed by atoms with Crippen LogP contribution in [-0.4, -0.2) is 32.6 Å². The lowest BCUT2D eigenvalue weighted by Gasteiger charge is -2.37. The number of hydrazine groups is 1. The largest absolute Gasteiger partial charge is 0.296 e. The van der Waals surface area contributed by atoms with Crippen molar-refractivity contribution in [3.05, 3.63) is 89.8 Å². The van der Waals surface area contributed by atoms with Crippen LogP contribution in [0.1, 0.15) is 75.7 Å². The molecule has 10 heteroatoms. The Balaban J connectivity index is 2.07. The number of nitrogens with zero attached hydrogens (tertiary/aromatic N) is 3. The zero-order valence-electron chi connectivity index (χ0n) is 25.5. The Hall–Kier alpha value is -4.15. The van der Waals surface area contributed by atoms with Gasteiger partial charge in [-0.2, -0.15) is 0 Å². The number of carbonyl (C=O) groups is 3. The van der Waals surface area contributed by atoms with Crippen molar-refractivity contribution in [2.45, 2.75) is 72.4 Å². The Morgan fingerprint density at radius 3 is 2.33 bits per heavy atom. The molecule has 4 N–H and O–H groups in total. The summed E-state index contributed by atoms with van der Waals surface area (Å²) in [6.45, 7) is 7.83. The maximum absolute atomic E-state index is 14.8. The number of hydrogen-bond acceptors (Lipinski definition) is 7. The number of nitrogens with one attached hydrogen (secondary N) is 2. The van der Waals surface area contributed by atoms with Crippen molar-refractivity contribution in [2.24, 2.45) is 23.1 Å². The van der Waals surface area contributed by atoms with Crippen LogP contribution in [0.4, 0.5) is 0 Å². The predicted octanol–water partition coefficient (Wildman–Crippen LogP) is 4.88. The van der Waals surface area contributed by atoms with Gasteiger partial charge in [0.25, 0.3) is 0 Å². The molecule has 0 bridgehead atoms. The minimum Gasteiger partial charge on any atom is -0.296 e. The van der Waals surface area contributed by atoms with E-state index in [2.05, 4.69) is 21.2 Å². The van der Waals surface area contributed by atoms with Gasteiger partial charge in [0.15, 0.2) is 5.78 Å². The van der Waals surface area contributed by atoms with Gasteiger partial charge in [-0.1, -0.05) is 112 Å². The number of aromatic nitrogens is 3. The standard InChI is InChI=1S/C33H44N6O4/c1-5-20-33(32(42)35-34,21-24(3)6-2)30(40)29(39-22-25(4)36-38-39)28(19-13-18-26-14-9-7-10-15-26)31(41)37-43-23-27-16-11-8-12-17-27/h7-18,22,24,28-29H,5-6,19-21,23,34H2,1-4H3,(H,35,42)(H,37,41)/b18-13+/t24-,28-,29+,33?/m0/s1. The minimum absolute atomic E-state index is 0.0467. The first-order chi connectivity index (χ1) is 20.7. The van der Waals surface area contributed by atoms with Crippen LogP contribution in [0.3, 0.4) is 0 Å². The number of aryl methyl sites for hydroxylation is 1. The third-order valence-electron chi connectivity index (χ3n) is 7.76. The third-order valence-corrected chi connectivity index (χ3v) is 7.76. The first-order valence-electron chi connectivity index (χ1n) is 14.9. The number of rotatable bonds is 17. The monoisotopic (exact) mass is 588 g/mol. The number of nitrogens with two attached hydrogens (primary N) is 1. The Labute approximate surface area is 254 Å². The Bertz CT molecular complexity index is 1340. The van der Waals surface area contributed by atoms with Crippen molar-refractivity contribution in [3.8, 4) is 0 Å². The van der Waals surface area contributed by atoms with Gasteiger partial charge in [-0.05, 0) is 43.2 Å². The highest BCUT2D eigenvalue weighted by atomic mass is 16.6. The van der Waals surface area contributed by atoms with E-state index < -0.39 is 35.0 Å². The topological polar surface area (TPSA) is 141 Å². The summed E-state index contributed by atoms with van der Waals surface area (Å²) in [5, 5.41) is 8.35. The molecule has 1 aromatic heterocycles. The van der Waals surface area contributed by atoms with Gasteiger partial charge in [-0.15, -0.1) is 5.10 Å². The average molecular weight is 589 g/mol. The lowest BCUT2D eigenvalue weighted by molar-refractivity contribution is -0.152. The van der Waals surface area contributed by atoms with Crippen LogP contribution in [0, 0.1) is 24.2 Å². The molecule has 0 aliphatic carbocycles. The van der Waals surface area contributed by atoms with Gasteiger partial charge >= 0.3 is 0 Å². The normalized spacial score (nSPS) is 14.9. The Kier molecular flexibility index (Phi) is 12.8. The fraction of sp³-hybridized carbons (Fsp3) is 0.424. The third kappa shape index (κ3) is 8.92. The lowest BCUT2D eigenvalue weighted by atomic mass is 9.68. The summed E-state index contributed by atoms with van der Waals surface area (Å²) in [7, 11) is 0. The summed E-state index contributed by atoms with van der Waals surface area (Å²) in [5.41, 5.74) is 5.73. The average Bonchev–Trinajstić information content (AvgIpc) is 3.45. The molecule has 10 nitrogen and oxygen atoms in total. The first-order valence-corrected chi connectivity index (χ1v) is 14.9. The van der Waals surface area contributed by atoms with E-state index in [1.54, 1.807) is 13.1 Å². The summed E-state index contributed by atoms with van der Waals surface area (Å²) < 4.78 is 1.40. The number of carbonyl (C=O) groups excluding carboxylic acids is 3. The Morgan fingerprint density at radius 2 is 1.74 bits per heavy atom. The van der Waals surface area contributed by atoms with Crippen LogP contribution in [0.5, 0.6) is 0 Å². The fourth-order valence-corrected chi connectivity index (χ4v) is 5.35. The fourth-order valence-electron chi connectivity index (χ4n) is 5.35. The van der Waals surface area contributed by atoms with Crippen molar-refractivity contribution in [3.63, 3.8) is 0 Å². The van der Waals surface area contributed by atoms with E-state index in [1.807, 2.05) is 93.6 Å². The molecule has 3 aromatic rings. The van der Waals surface area contributed by atoms with Gasteiger partial charge in [-0.25, -0.2) is 16.0 Å². The summed E-state index contributed by atoms with van der Waals surface area (Å²) in [4.78, 5) is 47.9. The molecule has 0 aliphatic rings. The smallest absolute Gasteiger partial charge is 0.249 e. The number of benzene rings is 2. The number of Topliss-reactive ketones (excluding diaryl/α,β-unsaturated/α-hetero) is 1. The van der Waals surface area contributed by atoms with Crippen molar-refractivity contribution in [1.29, 1.82) is 0 Å². The van der Waals surface area contributed by atoms with E-state index in [-0.39, 0.29) is 31.8 Å². The first kappa shape index (κ1) is 33.4. The second-order valence-electron chi connectivity index (χ2n) is 11.1. The van der Waals surface area contributed by atoms with Crippen molar-refractivity contribution in [2.75, 3.05) is 0 Å². The maximum atomic E-state index is 14.8. The van der Waals surface area contributed by atoms with Gasteiger partial charge in [0.05, 0.1) is 18.2 Å². The van der Waals surface area contributed by atoms with E-state index in [4.69, 9.17) is 10.7 Å². The van der Waals surface area contributed by atoms with Crippen molar-refractivity contribution in [1.82, 2.24) is 25.9 Å². The summed E-state index contributed by atoms with van der Waals surface area (Å²) >= 11 is 0. The van der Waals surface area contributed by atoms with E-state index >= 15 is 0 Å². The maximum Gasteiger partial charge on any atom is 0.249 e. The van der Waals surface area contributed by atoms with Gasteiger partial charge in [0, 0.05) is 6.20 Å². The molecule has 1 unspecified atom stereocenters. The predicted molar refractivity (Wildman–Crippen MR) is 166 cm³/mol. The SMILES string of the molecule is CCCC(C[C@@H](C)CC)(C(=O)NN)C(=O)[C@@H]([C@H](C/C=C/c1ccccc1)C(=O)NOCc1ccccc1)n1cc(C)nn1. The molecule has 0 saturated heterocycles. The lowest BCUT2D eigenvalue weighted by Crippen LogP contribution is -2.54. The minimum atomic E-state index is -1.48. The molecule has 1 heterocycles.